The molecule has 1 N–H and O–H groups in total. The van der Waals surface area contributed by atoms with Crippen LogP contribution in [-0.4, -0.2) is 42.1 Å². The summed E-state index contributed by atoms with van der Waals surface area (Å²) in [6.07, 6.45) is -3.66. The van der Waals surface area contributed by atoms with Gasteiger partial charge >= 0.3 is 12.2 Å². The lowest BCUT2D eigenvalue weighted by molar-refractivity contribution is -0.137. The number of rotatable bonds is 2. The van der Waals surface area contributed by atoms with Gasteiger partial charge in [0.15, 0.2) is 0 Å². The van der Waals surface area contributed by atoms with Crippen LogP contribution in [0.5, 0.6) is 0 Å². The number of carbonyl (C=O) groups excluding carboxylic acids is 1. The minimum absolute atomic E-state index is 0.0148. The van der Waals surface area contributed by atoms with Crippen LogP contribution in [0.3, 0.4) is 0 Å². The van der Waals surface area contributed by atoms with E-state index in [0.717, 1.165) is 24.4 Å². The van der Waals surface area contributed by atoms with Gasteiger partial charge in [0.05, 0.1) is 16.8 Å². The smallest absolute Gasteiger partial charge is 0.353 e. The summed E-state index contributed by atoms with van der Waals surface area (Å²) in [5.41, 5.74) is -0.594. The summed E-state index contributed by atoms with van der Waals surface area (Å²) >= 11 is 0. The van der Waals surface area contributed by atoms with E-state index in [1.54, 1.807) is 4.90 Å². The highest BCUT2D eigenvalue weighted by atomic mass is 19.4. The van der Waals surface area contributed by atoms with Gasteiger partial charge in [-0.1, -0.05) is 0 Å². The zero-order chi connectivity index (χ0) is 20.3. The number of hydrogen-bond donors (Lipinski definition) is 1. The average molecular weight is 393 g/mol. The van der Waals surface area contributed by atoms with Crippen molar-refractivity contribution in [1.82, 2.24) is 9.88 Å². The Bertz CT molecular complexity index is 900. The van der Waals surface area contributed by atoms with E-state index in [-0.39, 0.29) is 11.3 Å². The molecule has 1 aliphatic rings. The van der Waals surface area contributed by atoms with Gasteiger partial charge < -0.3 is 15.1 Å². The van der Waals surface area contributed by atoms with E-state index in [1.165, 1.54) is 17.0 Å². The number of nitriles is 1. The van der Waals surface area contributed by atoms with Crippen molar-refractivity contribution in [3.05, 3.63) is 53.5 Å². The topological polar surface area (TPSA) is 72.3 Å². The predicted molar refractivity (Wildman–Crippen MR) is 93.2 cm³/mol. The maximum absolute atomic E-state index is 13.2. The van der Waals surface area contributed by atoms with Gasteiger partial charge in [-0.05, 0) is 30.3 Å². The monoisotopic (exact) mass is 393 g/mol. The minimum Gasteiger partial charge on any atom is -0.353 e. The average Bonchev–Trinajstić information content (AvgIpc) is 2.69. The zero-order valence-corrected chi connectivity index (χ0v) is 14.5. The number of urea groups is 1. The molecule has 0 spiro atoms. The van der Waals surface area contributed by atoms with E-state index >= 15 is 0 Å². The molecule has 0 radical (unpaired) electrons. The number of nitrogens with one attached hydrogen (secondary N) is 1. The third kappa shape index (κ3) is 4.31. The molecule has 28 heavy (non-hydrogen) atoms. The fourth-order valence-corrected chi connectivity index (χ4v) is 2.79. The third-order valence-corrected chi connectivity index (χ3v) is 4.31. The lowest BCUT2D eigenvalue weighted by Crippen LogP contribution is -2.50. The Hall–Kier alpha value is -3.35. The molecular formula is C18H15F4N5O. The van der Waals surface area contributed by atoms with Gasteiger partial charge in [-0.15, -0.1) is 0 Å². The first-order chi connectivity index (χ1) is 13.3. The number of piperazine rings is 1. The molecule has 0 saturated carbocycles. The molecule has 0 aliphatic carbocycles. The Morgan fingerprint density at radius 3 is 2.43 bits per heavy atom. The molecule has 1 aromatic heterocycles. The van der Waals surface area contributed by atoms with Crippen LogP contribution < -0.4 is 10.2 Å². The third-order valence-electron chi connectivity index (χ3n) is 4.31. The molecule has 2 amide bonds. The minimum atomic E-state index is -4.44. The molecule has 0 atom stereocenters. The normalized spacial score (nSPS) is 14.5. The highest BCUT2D eigenvalue weighted by molar-refractivity contribution is 5.91. The van der Waals surface area contributed by atoms with Crippen molar-refractivity contribution in [2.75, 3.05) is 36.4 Å². The SMILES string of the molecule is N#Cc1cc(F)ccc1NC(=O)N1CCN(c2ccc(C(F)(F)F)cn2)CC1. The number of anilines is 2. The Morgan fingerprint density at radius 2 is 1.86 bits per heavy atom. The second-order valence-electron chi connectivity index (χ2n) is 6.11. The number of hydrogen-bond acceptors (Lipinski definition) is 4. The van der Waals surface area contributed by atoms with Gasteiger partial charge in [0.1, 0.15) is 17.7 Å². The van der Waals surface area contributed by atoms with Crippen molar-refractivity contribution in [3.8, 4) is 6.07 Å². The first-order valence-electron chi connectivity index (χ1n) is 8.31. The van der Waals surface area contributed by atoms with Crippen molar-refractivity contribution in [1.29, 1.82) is 5.26 Å². The highest BCUT2D eigenvalue weighted by Crippen LogP contribution is 2.29. The van der Waals surface area contributed by atoms with Gasteiger partial charge in [0.25, 0.3) is 0 Å². The summed E-state index contributed by atoms with van der Waals surface area (Å²) in [7, 11) is 0. The van der Waals surface area contributed by atoms with E-state index < -0.39 is 23.6 Å². The van der Waals surface area contributed by atoms with Gasteiger partial charge in [-0.25, -0.2) is 14.2 Å². The van der Waals surface area contributed by atoms with E-state index in [9.17, 15) is 22.4 Å². The summed E-state index contributed by atoms with van der Waals surface area (Å²) in [5, 5.41) is 11.6. The maximum atomic E-state index is 13.2. The van der Waals surface area contributed by atoms with Gasteiger partial charge in [0, 0.05) is 32.4 Å². The highest BCUT2D eigenvalue weighted by Gasteiger charge is 2.31. The second-order valence-corrected chi connectivity index (χ2v) is 6.11. The molecule has 10 heteroatoms. The van der Waals surface area contributed by atoms with Crippen molar-refractivity contribution in [3.63, 3.8) is 0 Å². The van der Waals surface area contributed by atoms with Gasteiger partial charge in [-0.3, -0.25) is 0 Å². The molecule has 1 aromatic carbocycles. The molecule has 0 bridgehead atoms. The summed E-state index contributed by atoms with van der Waals surface area (Å²) in [4.78, 5) is 19.5. The molecule has 1 aliphatic heterocycles. The van der Waals surface area contributed by atoms with Crippen molar-refractivity contribution in [2.24, 2.45) is 0 Å². The first-order valence-corrected chi connectivity index (χ1v) is 8.31. The number of alkyl halides is 3. The maximum Gasteiger partial charge on any atom is 0.417 e. The number of aromatic nitrogens is 1. The molecule has 2 aromatic rings. The van der Waals surface area contributed by atoms with E-state index in [4.69, 9.17) is 5.26 Å². The summed E-state index contributed by atoms with van der Waals surface area (Å²) < 4.78 is 51.0. The number of benzene rings is 1. The standard InChI is InChI=1S/C18H15F4N5O/c19-14-2-3-15(12(9-14)10-23)25-17(28)27-7-5-26(6-8-27)16-4-1-13(11-24-16)18(20,21)22/h1-4,9,11H,5-8H2,(H,25,28). The lowest BCUT2D eigenvalue weighted by atomic mass is 10.2. The number of amides is 2. The molecule has 3 rings (SSSR count). The number of pyridine rings is 1. The Morgan fingerprint density at radius 1 is 1.14 bits per heavy atom. The predicted octanol–water partition coefficient (Wildman–Crippen LogP) is 3.47. The summed E-state index contributed by atoms with van der Waals surface area (Å²) in [5.74, 6) is -0.175. The number of nitrogens with zero attached hydrogens (tertiary/aromatic N) is 4. The van der Waals surface area contributed by atoms with Gasteiger partial charge in [0.2, 0.25) is 0 Å². The Labute approximate surface area is 158 Å². The van der Waals surface area contributed by atoms with Crippen LogP contribution in [0, 0.1) is 17.1 Å². The van der Waals surface area contributed by atoms with Crippen LogP contribution in [0.1, 0.15) is 11.1 Å². The second kappa shape index (κ2) is 7.72. The fraction of sp³-hybridized carbons (Fsp3) is 0.278. The molecule has 0 unspecified atom stereocenters. The largest absolute Gasteiger partial charge is 0.417 e. The van der Waals surface area contributed by atoms with E-state index in [0.29, 0.717) is 32.0 Å². The van der Waals surface area contributed by atoms with E-state index in [1.807, 2.05) is 6.07 Å². The molecule has 2 heterocycles. The van der Waals surface area contributed by atoms with Crippen molar-refractivity contribution < 1.29 is 22.4 Å². The van der Waals surface area contributed by atoms with Crippen LogP contribution >= 0.6 is 0 Å². The molecular weight excluding hydrogens is 378 g/mol. The van der Waals surface area contributed by atoms with Crippen LogP contribution in [0.25, 0.3) is 0 Å². The summed E-state index contributed by atoms with van der Waals surface area (Å²) in [6.45, 7) is 1.41. The molecule has 146 valence electrons. The first kappa shape index (κ1) is 19.4. The quantitative estimate of drug-likeness (QED) is 0.794. The molecule has 1 fully saturated rings. The van der Waals surface area contributed by atoms with E-state index in [2.05, 4.69) is 10.3 Å². The number of carbonyl (C=O) groups is 1. The summed E-state index contributed by atoms with van der Waals surface area (Å²) in [6, 6.07) is 7.14. The van der Waals surface area contributed by atoms with Crippen molar-refractivity contribution >= 4 is 17.5 Å². The van der Waals surface area contributed by atoms with Gasteiger partial charge in [-0.2, -0.15) is 18.4 Å². The van der Waals surface area contributed by atoms with Crippen molar-refractivity contribution in [2.45, 2.75) is 6.18 Å². The van der Waals surface area contributed by atoms with Crippen LogP contribution in [0.4, 0.5) is 33.9 Å². The Kier molecular flexibility index (Phi) is 5.35. The van der Waals surface area contributed by atoms with Crippen LogP contribution in [0.2, 0.25) is 0 Å². The molecule has 6 nitrogen and oxygen atoms in total. The lowest BCUT2D eigenvalue weighted by Gasteiger charge is -2.35. The Balaban J connectivity index is 1.59. The molecule has 1 saturated heterocycles. The fourth-order valence-electron chi connectivity index (χ4n) is 2.79. The van der Waals surface area contributed by atoms with Crippen LogP contribution in [-0.2, 0) is 6.18 Å². The number of halogens is 4. The zero-order valence-electron chi connectivity index (χ0n) is 14.5. The van der Waals surface area contributed by atoms with Crippen LogP contribution in [0.15, 0.2) is 36.5 Å².